The fourth-order valence-electron chi connectivity index (χ4n) is 3.43. The summed E-state index contributed by atoms with van der Waals surface area (Å²) in [6, 6.07) is 7.52. The molecule has 1 N–H and O–H groups in total. The van der Waals surface area contributed by atoms with Crippen molar-refractivity contribution < 1.29 is 13.6 Å². The average Bonchev–Trinajstić information content (AvgIpc) is 3.18. The molecule has 30 heavy (non-hydrogen) atoms. The number of anilines is 2. The van der Waals surface area contributed by atoms with Crippen LogP contribution in [0.1, 0.15) is 23.3 Å². The lowest BCUT2D eigenvalue weighted by molar-refractivity contribution is -0.120. The van der Waals surface area contributed by atoms with Crippen LogP contribution >= 0.6 is 22.9 Å². The van der Waals surface area contributed by atoms with E-state index in [0.717, 1.165) is 42.7 Å². The van der Waals surface area contributed by atoms with Gasteiger partial charge in [0.25, 0.3) is 0 Å². The van der Waals surface area contributed by atoms with E-state index in [0.29, 0.717) is 22.1 Å². The molecule has 0 bridgehead atoms. The van der Waals surface area contributed by atoms with Gasteiger partial charge in [-0.25, -0.2) is 18.7 Å². The molecule has 4 rings (SSSR count). The molecule has 1 fully saturated rings. The van der Waals surface area contributed by atoms with Crippen LogP contribution in [-0.4, -0.2) is 29.0 Å². The molecule has 2 aromatic heterocycles. The fourth-order valence-corrected chi connectivity index (χ4v) is 4.39. The highest BCUT2D eigenvalue weighted by atomic mass is 35.5. The van der Waals surface area contributed by atoms with Gasteiger partial charge in [-0.3, -0.25) is 4.79 Å². The number of hydrogen-bond acceptors (Lipinski definition) is 5. The minimum atomic E-state index is -0.870. The molecule has 3 aromatic rings. The zero-order chi connectivity index (χ0) is 21.1. The molecule has 5 nitrogen and oxygen atoms in total. The number of piperidine rings is 1. The largest absolute Gasteiger partial charge is 0.357 e. The molecule has 3 heterocycles. The number of pyridine rings is 1. The summed E-state index contributed by atoms with van der Waals surface area (Å²) in [5.41, 5.74) is 0.651. The monoisotopic (exact) mass is 448 g/mol. The SMILES string of the molecule is O=C(Nc1ncc(Cc2ccc(F)c(F)c2)s1)C1CCN(c2ccc(Cl)cn2)CC1. The number of hydrogen-bond donors (Lipinski definition) is 1. The number of nitrogens with zero attached hydrogens (tertiary/aromatic N) is 3. The Balaban J connectivity index is 1.30. The normalized spacial score (nSPS) is 14.7. The first-order chi connectivity index (χ1) is 14.5. The van der Waals surface area contributed by atoms with Crippen molar-refractivity contribution in [1.82, 2.24) is 9.97 Å². The van der Waals surface area contributed by atoms with E-state index in [1.54, 1.807) is 18.5 Å². The van der Waals surface area contributed by atoms with E-state index in [2.05, 4.69) is 20.2 Å². The number of halogens is 3. The van der Waals surface area contributed by atoms with Crippen molar-refractivity contribution in [3.8, 4) is 0 Å². The summed E-state index contributed by atoms with van der Waals surface area (Å²) >= 11 is 7.22. The standard InChI is InChI=1S/C21H19ClF2N4OS/c22-15-2-4-19(25-11-15)28-7-5-14(6-8-28)20(29)27-21-26-12-16(30-21)9-13-1-3-17(23)18(24)10-13/h1-4,10-12,14H,5-9H2,(H,26,27,29). The summed E-state index contributed by atoms with van der Waals surface area (Å²) < 4.78 is 26.4. The molecule has 0 radical (unpaired) electrons. The number of nitrogens with one attached hydrogen (secondary N) is 1. The first-order valence-electron chi connectivity index (χ1n) is 9.54. The van der Waals surface area contributed by atoms with Crippen LogP contribution in [0, 0.1) is 17.6 Å². The van der Waals surface area contributed by atoms with Gasteiger partial charge in [-0.05, 0) is 42.7 Å². The molecule has 0 unspecified atom stereocenters. The molecular formula is C21H19ClF2N4OS. The Morgan fingerprint density at radius 3 is 2.63 bits per heavy atom. The first kappa shape index (κ1) is 20.7. The molecule has 0 aliphatic carbocycles. The number of carbonyl (C=O) groups excluding carboxylic acids is 1. The van der Waals surface area contributed by atoms with E-state index in [9.17, 15) is 13.6 Å². The number of rotatable bonds is 5. The zero-order valence-electron chi connectivity index (χ0n) is 15.9. The highest BCUT2D eigenvalue weighted by molar-refractivity contribution is 7.15. The van der Waals surface area contributed by atoms with Crippen molar-refractivity contribution in [2.45, 2.75) is 19.3 Å². The molecule has 0 atom stereocenters. The molecule has 0 saturated carbocycles. The third-order valence-corrected chi connectivity index (χ3v) is 6.18. The minimum absolute atomic E-state index is 0.0487. The number of amides is 1. The zero-order valence-corrected chi connectivity index (χ0v) is 17.5. The van der Waals surface area contributed by atoms with E-state index < -0.39 is 11.6 Å². The molecule has 0 spiro atoms. The van der Waals surface area contributed by atoms with Crippen LogP contribution in [0.4, 0.5) is 19.7 Å². The van der Waals surface area contributed by atoms with E-state index >= 15 is 0 Å². The van der Waals surface area contributed by atoms with Gasteiger partial charge in [0.2, 0.25) is 5.91 Å². The lowest BCUT2D eigenvalue weighted by atomic mass is 9.96. The van der Waals surface area contributed by atoms with Crippen molar-refractivity contribution in [1.29, 1.82) is 0 Å². The number of aromatic nitrogens is 2. The fraction of sp³-hybridized carbons (Fsp3) is 0.286. The molecule has 1 aromatic carbocycles. The van der Waals surface area contributed by atoms with E-state index in [-0.39, 0.29) is 11.8 Å². The maximum Gasteiger partial charge on any atom is 0.229 e. The van der Waals surface area contributed by atoms with Crippen molar-refractivity contribution in [3.63, 3.8) is 0 Å². The topological polar surface area (TPSA) is 58.1 Å². The third-order valence-electron chi connectivity index (χ3n) is 5.05. The predicted molar refractivity (Wildman–Crippen MR) is 114 cm³/mol. The van der Waals surface area contributed by atoms with Gasteiger partial charge in [0.05, 0.1) is 5.02 Å². The second-order valence-electron chi connectivity index (χ2n) is 7.14. The highest BCUT2D eigenvalue weighted by Crippen LogP contribution is 2.26. The molecule has 156 valence electrons. The number of carbonyl (C=O) groups is 1. The lowest BCUT2D eigenvalue weighted by Crippen LogP contribution is -2.38. The summed E-state index contributed by atoms with van der Waals surface area (Å²) in [6.07, 6.45) is 5.15. The van der Waals surface area contributed by atoms with Crippen LogP contribution in [0.25, 0.3) is 0 Å². The van der Waals surface area contributed by atoms with E-state index in [1.807, 2.05) is 12.1 Å². The van der Waals surface area contributed by atoms with Gasteiger partial charge in [0.15, 0.2) is 16.8 Å². The third kappa shape index (κ3) is 4.94. The first-order valence-corrected chi connectivity index (χ1v) is 10.7. The smallest absolute Gasteiger partial charge is 0.229 e. The van der Waals surface area contributed by atoms with E-state index in [1.165, 1.54) is 17.4 Å². The van der Waals surface area contributed by atoms with Crippen LogP contribution in [0.2, 0.25) is 5.02 Å². The molecule has 1 aliphatic heterocycles. The summed E-state index contributed by atoms with van der Waals surface area (Å²) in [4.78, 5) is 24.2. The minimum Gasteiger partial charge on any atom is -0.357 e. The molecule has 1 aliphatic rings. The Morgan fingerprint density at radius 1 is 1.13 bits per heavy atom. The molecule has 9 heteroatoms. The second-order valence-corrected chi connectivity index (χ2v) is 8.69. The Labute approximate surface area is 181 Å². The van der Waals surface area contributed by atoms with Gasteiger partial charge in [-0.15, -0.1) is 11.3 Å². The Morgan fingerprint density at radius 2 is 1.93 bits per heavy atom. The van der Waals surface area contributed by atoms with Crippen LogP contribution in [-0.2, 0) is 11.2 Å². The summed E-state index contributed by atoms with van der Waals surface area (Å²) in [7, 11) is 0. The van der Waals surface area contributed by atoms with Gasteiger partial charge in [0, 0.05) is 42.7 Å². The van der Waals surface area contributed by atoms with Crippen molar-refractivity contribution in [2.24, 2.45) is 5.92 Å². The van der Waals surface area contributed by atoms with Crippen LogP contribution in [0.15, 0.2) is 42.7 Å². The maximum absolute atomic E-state index is 13.4. The van der Waals surface area contributed by atoms with Crippen molar-refractivity contribution in [2.75, 3.05) is 23.3 Å². The van der Waals surface area contributed by atoms with Gasteiger partial charge in [-0.1, -0.05) is 17.7 Å². The Bertz CT molecular complexity index is 1040. The summed E-state index contributed by atoms with van der Waals surface area (Å²) in [5, 5.41) is 3.99. The summed E-state index contributed by atoms with van der Waals surface area (Å²) in [5.74, 6) is -1.01. The molecule has 1 saturated heterocycles. The van der Waals surface area contributed by atoms with E-state index in [4.69, 9.17) is 11.6 Å². The quantitative estimate of drug-likeness (QED) is 0.602. The lowest BCUT2D eigenvalue weighted by Gasteiger charge is -2.31. The Kier molecular flexibility index (Phi) is 6.24. The molecule has 1 amide bonds. The van der Waals surface area contributed by atoms with Gasteiger partial charge in [-0.2, -0.15) is 0 Å². The Hall–Kier alpha value is -2.58. The average molecular weight is 449 g/mol. The van der Waals surface area contributed by atoms with Gasteiger partial charge >= 0.3 is 0 Å². The summed E-state index contributed by atoms with van der Waals surface area (Å²) in [6.45, 7) is 1.48. The van der Waals surface area contributed by atoms with Crippen LogP contribution < -0.4 is 10.2 Å². The maximum atomic E-state index is 13.4. The van der Waals surface area contributed by atoms with Crippen molar-refractivity contribution in [3.05, 3.63) is 69.8 Å². The van der Waals surface area contributed by atoms with Crippen LogP contribution in [0.3, 0.4) is 0 Å². The van der Waals surface area contributed by atoms with Crippen LogP contribution in [0.5, 0.6) is 0 Å². The van der Waals surface area contributed by atoms with Gasteiger partial charge < -0.3 is 10.2 Å². The second kappa shape index (κ2) is 9.06. The van der Waals surface area contributed by atoms with Gasteiger partial charge in [0.1, 0.15) is 5.82 Å². The number of benzene rings is 1. The highest BCUT2D eigenvalue weighted by Gasteiger charge is 2.26. The molecular weight excluding hydrogens is 430 g/mol. The predicted octanol–water partition coefficient (Wildman–Crippen LogP) is 4.92. The van der Waals surface area contributed by atoms with Crippen molar-refractivity contribution >= 4 is 39.8 Å². The number of thiazole rings is 1.